The summed E-state index contributed by atoms with van der Waals surface area (Å²) in [5.41, 5.74) is -0.596. The molecule has 0 aromatic rings. The van der Waals surface area contributed by atoms with Crippen molar-refractivity contribution in [3.63, 3.8) is 0 Å². The first-order chi connectivity index (χ1) is 11.6. The molecule has 2 amide bonds. The lowest BCUT2D eigenvalue weighted by atomic mass is 10.0. The van der Waals surface area contributed by atoms with Crippen molar-refractivity contribution in [1.82, 2.24) is 10.2 Å². The first kappa shape index (κ1) is 21.5. The predicted octanol–water partition coefficient (Wildman–Crippen LogP) is 2.65. The quantitative estimate of drug-likeness (QED) is 0.680. The number of carbonyl (C=O) groups is 3. The number of carbonyl (C=O) groups excluding carboxylic acids is 3. The van der Waals surface area contributed by atoms with Crippen molar-refractivity contribution in [1.29, 1.82) is 0 Å². The predicted molar refractivity (Wildman–Crippen MR) is 96.9 cm³/mol. The molecule has 0 aromatic carbocycles. The van der Waals surface area contributed by atoms with E-state index in [4.69, 9.17) is 4.74 Å². The Morgan fingerprint density at radius 2 is 1.80 bits per heavy atom. The molecule has 0 spiro atoms. The number of rotatable bonds is 8. The van der Waals surface area contributed by atoms with Crippen LogP contribution in [0.5, 0.6) is 0 Å². The minimum Gasteiger partial charge on any atom is -0.458 e. The zero-order valence-electron chi connectivity index (χ0n) is 16.4. The smallest absolute Gasteiger partial charge is 0.329 e. The topological polar surface area (TPSA) is 75.7 Å². The Kier molecular flexibility index (Phi) is 8.39. The van der Waals surface area contributed by atoms with Gasteiger partial charge in [0.1, 0.15) is 11.6 Å². The molecule has 1 aliphatic carbocycles. The molecule has 1 aliphatic rings. The standard InChI is InChI=1S/C19H34N2O4/c1-14(18(24)25-19(3,4)5)21(13-12-20-15(2)22)17(23)11-10-16-8-6-7-9-16/h14,16H,6-13H2,1-5H3,(H,20,22). The molecule has 1 N–H and O–H groups in total. The van der Waals surface area contributed by atoms with Crippen LogP contribution in [0.15, 0.2) is 0 Å². The molecule has 0 saturated heterocycles. The van der Waals surface area contributed by atoms with Gasteiger partial charge in [-0.1, -0.05) is 25.7 Å². The lowest BCUT2D eigenvalue weighted by molar-refractivity contribution is -0.164. The highest BCUT2D eigenvalue weighted by Gasteiger charge is 2.30. The number of nitrogens with one attached hydrogen (secondary N) is 1. The number of nitrogens with zero attached hydrogens (tertiary/aromatic N) is 1. The van der Waals surface area contributed by atoms with E-state index >= 15 is 0 Å². The Labute approximate surface area is 151 Å². The third kappa shape index (κ3) is 8.36. The highest BCUT2D eigenvalue weighted by molar-refractivity contribution is 5.84. The number of esters is 1. The fraction of sp³-hybridized carbons (Fsp3) is 0.842. The molecule has 0 heterocycles. The third-order valence-corrected chi connectivity index (χ3v) is 4.50. The molecule has 6 nitrogen and oxygen atoms in total. The summed E-state index contributed by atoms with van der Waals surface area (Å²) in [5.74, 6) is 0.0152. The summed E-state index contributed by atoms with van der Waals surface area (Å²) in [5, 5.41) is 2.69. The number of amides is 2. The minimum absolute atomic E-state index is 0.0457. The van der Waals surface area contributed by atoms with Crippen LogP contribution in [0.25, 0.3) is 0 Å². The normalized spacial score (nSPS) is 16.4. The highest BCUT2D eigenvalue weighted by Crippen LogP contribution is 2.28. The van der Waals surface area contributed by atoms with Crippen molar-refractivity contribution in [2.75, 3.05) is 13.1 Å². The molecular weight excluding hydrogens is 320 g/mol. The van der Waals surface area contributed by atoms with Gasteiger partial charge in [0.2, 0.25) is 11.8 Å². The second kappa shape index (κ2) is 9.78. The summed E-state index contributed by atoms with van der Waals surface area (Å²) >= 11 is 0. The van der Waals surface area contributed by atoms with E-state index in [1.54, 1.807) is 32.6 Å². The van der Waals surface area contributed by atoms with Crippen LogP contribution in [0, 0.1) is 5.92 Å². The van der Waals surface area contributed by atoms with E-state index in [0.29, 0.717) is 25.4 Å². The fourth-order valence-corrected chi connectivity index (χ4v) is 3.17. The van der Waals surface area contributed by atoms with E-state index < -0.39 is 17.6 Å². The van der Waals surface area contributed by atoms with Crippen LogP contribution in [-0.4, -0.2) is 47.4 Å². The molecule has 144 valence electrons. The zero-order chi connectivity index (χ0) is 19.0. The van der Waals surface area contributed by atoms with Crippen molar-refractivity contribution in [2.24, 2.45) is 5.92 Å². The van der Waals surface area contributed by atoms with E-state index in [2.05, 4.69) is 5.32 Å². The number of ether oxygens (including phenoxy) is 1. The zero-order valence-corrected chi connectivity index (χ0v) is 16.4. The van der Waals surface area contributed by atoms with E-state index in [1.807, 2.05) is 0 Å². The fourth-order valence-electron chi connectivity index (χ4n) is 3.17. The van der Waals surface area contributed by atoms with Crippen LogP contribution < -0.4 is 5.32 Å². The SMILES string of the molecule is CC(=O)NCCN(C(=O)CCC1CCCC1)C(C)C(=O)OC(C)(C)C. The van der Waals surface area contributed by atoms with Crippen LogP contribution >= 0.6 is 0 Å². The van der Waals surface area contributed by atoms with Gasteiger partial charge in [-0.2, -0.15) is 0 Å². The van der Waals surface area contributed by atoms with Gasteiger partial charge in [-0.15, -0.1) is 0 Å². The van der Waals surface area contributed by atoms with E-state index in [1.165, 1.54) is 32.6 Å². The summed E-state index contributed by atoms with van der Waals surface area (Å²) in [6.07, 6.45) is 6.20. The summed E-state index contributed by atoms with van der Waals surface area (Å²) < 4.78 is 5.42. The van der Waals surface area contributed by atoms with Crippen molar-refractivity contribution in [3.8, 4) is 0 Å². The first-order valence-electron chi connectivity index (χ1n) is 9.37. The van der Waals surface area contributed by atoms with Crippen molar-refractivity contribution < 1.29 is 19.1 Å². The van der Waals surface area contributed by atoms with Crippen LogP contribution in [0.2, 0.25) is 0 Å². The number of hydrogen-bond acceptors (Lipinski definition) is 4. The molecule has 1 fully saturated rings. The molecule has 25 heavy (non-hydrogen) atoms. The Morgan fingerprint density at radius 1 is 1.20 bits per heavy atom. The van der Waals surface area contributed by atoms with Crippen LogP contribution in [0.4, 0.5) is 0 Å². The molecule has 0 bridgehead atoms. The minimum atomic E-state index is -0.663. The Hall–Kier alpha value is -1.59. The van der Waals surface area contributed by atoms with Gasteiger partial charge in [0, 0.05) is 26.4 Å². The lowest BCUT2D eigenvalue weighted by Gasteiger charge is -2.31. The third-order valence-electron chi connectivity index (χ3n) is 4.50. The number of hydrogen-bond donors (Lipinski definition) is 1. The van der Waals surface area contributed by atoms with Crippen LogP contribution in [0.3, 0.4) is 0 Å². The Balaban J connectivity index is 2.66. The van der Waals surface area contributed by atoms with Gasteiger partial charge in [0.05, 0.1) is 0 Å². The second-order valence-electron chi connectivity index (χ2n) is 7.97. The van der Waals surface area contributed by atoms with E-state index in [9.17, 15) is 14.4 Å². The Bertz CT molecular complexity index is 465. The molecule has 0 aromatic heterocycles. The van der Waals surface area contributed by atoms with Gasteiger partial charge in [0.15, 0.2) is 0 Å². The average Bonchev–Trinajstić information content (AvgIpc) is 3.00. The van der Waals surface area contributed by atoms with Crippen molar-refractivity contribution in [2.45, 2.75) is 84.8 Å². The van der Waals surface area contributed by atoms with Gasteiger partial charge < -0.3 is 15.0 Å². The highest BCUT2D eigenvalue weighted by atomic mass is 16.6. The largest absolute Gasteiger partial charge is 0.458 e. The van der Waals surface area contributed by atoms with Gasteiger partial charge in [-0.3, -0.25) is 9.59 Å². The van der Waals surface area contributed by atoms with Gasteiger partial charge in [-0.05, 0) is 40.0 Å². The molecule has 0 radical (unpaired) electrons. The molecule has 0 aliphatic heterocycles. The molecule has 1 saturated carbocycles. The molecule has 1 rings (SSSR count). The van der Waals surface area contributed by atoms with Crippen LogP contribution in [-0.2, 0) is 19.1 Å². The van der Waals surface area contributed by atoms with E-state index in [0.717, 1.165) is 6.42 Å². The maximum atomic E-state index is 12.7. The van der Waals surface area contributed by atoms with Gasteiger partial charge in [-0.25, -0.2) is 4.79 Å². The monoisotopic (exact) mass is 354 g/mol. The van der Waals surface area contributed by atoms with E-state index in [-0.39, 0.29) is 11.8 Å². The average molecular weight is 354 g/mol. The maximum Gasteiger partial charge on any atom is 0.329 e. The maximum absolute atomic E-state index is 12.7. The van der Waals surface area contributed by atoms with Gasteiger partial charge >= 0.3 is 5.97 Å². The molecular formula is C19H34N2O4. The summed E-state index contributed by atoms with van der Waals surface area (Å²) in [6.45, 7) is 9.18. The lowest BCUT2D eigenvalue weighted by Crippen LogP contribution is -2.48. The molecule has 6 heteroatoms. The summed E-state index contributed by atoms with van der Waals surface area (Å²) in [4.78, 5) is 37.7. The molecule has 1 atom stereocenters. The van der Waals surface area contributed by atoms with Crippen LogP contribution in [0.1, 0.15) is 73.1 Å². The molecule has 1 unspecified atom stereocenters. The summed E-state index contributed by atoms with van der Waals surface area (Å²) in [7, 11) is 0. The summed E-state index contributed by atoms with van der Waals surface area (Å²) in [6, 6.07) is -0.663. The van der Waals surface area contributed by atoms with Gasteiger partial charge in [0.25, 0.3) is 0 Å². The second-order valence-corrected chi connectivity index (χ2v) is 7.97. The first-order valence-corrected chi connectivity index (χ1v) is 9.37. The van der Waals surface area contributed by atoms with Crippen molar-refractivity contribution in [3.05, 3.63) is 0 Å². The Morgan fingerprint density at radius 3 is 2.32 bits per heavy atom. The van der Waals surface area contributed by atoms with Crippen molar-refractivity contribution >= 4 is 17.8 Å².